The van der Waals surface area contributed by atoms with Crippen LogP contribution in [0.1, 0.15) is 50.2 Å². The third kappa shape index (κ3) is 6.22. The summed E-state index contributed by atoms with van der Waals surface area (Å²) in [6.45, 7) is 3.81. The third-order valence-corrected chi connectivity index (χ3v) is 5.92. The number of aliphatic carboxylic acids is 1. The van der Waals surface area contributed by atoms with Crippen LogP contribution in [-0.2, 0) is 14.3 Å². The van der Waals surface area contributed by atoms with Crippen molar-refractivity contribution in [3.8, 4) is 11.1 Å². The SMILES string of the molecule is CCC(CCC(=O)NC/C=C(\C)C(=O)O)NC(=O)OCC1c2ccccc2-c2ccccc21. The van der Waals surface area contributed by atoms with Crippen molar-refractivity contribution < 1.29 is 24.2 Å². The number of rotatable bonds is 10. The summed E-state index contributed by atoms with van der Waals surface area (Å²) in [6, 6.07) is 16.1. The van der Waals surface area contributed by atoms with Crippen LogP contribution in [0.15, 0.2) is 60.2 Å². The lowest BCUT2D eigenvalue weighted by Crippen LogP contribution is -2.36. The topological polar surface area (TPSA) is 105 Å². The summed E-state index contributed by atoms with van der Waals surface area (Å²) in [6.07, 6.45) is 2.31. The fraction of sp³-hybridized carbons (Fsp3) is 0.346. The predicted molar refractivity (Wildman–Crippen MR) is 126 cm³/mol. The van der Waals surface area contributed by atoms with E-state index in [9.17, 15) is 14.4 Å². The van der Waals surface area contributed by atoms with E-state index >= 15 is 0 Å². The average molecular weight is 451 g/mol. The number of carbonyl (C=O) groups is 3. The molecule has 1 atom stereocenters. The van der Waals surface area contributed by atoms with Gasteiger partial charge in [-0.25, -0.2) is 9.59 Å². The number of benzene rings is 2. The first-order chi connectivity index (χ1) is 15.9. The first-order valence-corrected chi connectivity index (χ1v) is 11.2. The molecule has 3 N–H and O–H groups in total. The van der Waals surface area contributed by atoms with Gasteiger partial charge in [0.15, 0.2) is 0 Å². The summed E-state index contributed by atoms with van der Waals surface area (Å²) in [7, 11) is 0. The van der Waals surface area contributed by atoms with Crippen LogP contribution < -0.4 is 10.6 Å². The normalized spacial score (nSPS) is 13.6. The maximum atomic E-state index is 12.5. The van der Waals surface area contributed by atoms with Crippen LogP contribution in [0.2, 0.25) is 0 Å². The second kappa shape index (κ2) is 11.3. The highest BCUT2D eigenvalue weighted by molar-refractivity contribution is 5.86. The lowest BCUT2D eigenvalue weighted by Gasteiger charge is -2.19. The maximum Gasteiger partial charge on any atom is 0.407 e. The molecule has 1 aliphatic rings. The van der Waals surface area contributed by atoms with Crippen molar-refractivity contribution in [3.63, 3.8) is 0 Å². The molecule has 0 spiro atoms. The summed E-state index contributed by atoms with van der Waals surface area (Å²) in [4.78, 5) is 35.2. The Morgan fingerprint density at radius 2 is 1.67 bits per heavy atom. The summed E-state index contributed by atoms with van der Waals surface area (Å²) < 4.78 is 5.58. The molecular formula is C26H30N2O5. The Morgan fingerprint density at radius 3 is 2.24 bits per heavy atom. The Hall–Kier alpha value is -3.61. The third-order valence-electron chi connectivity index (χ3n) is 5.92. The number of hydrogen-bond acceptors (Lipinski definition) is 4. The monoisotopic (exact) mass is 450 g/mol. The van der Waals surface area contributed by atoms with E-state index in [1.807, 2.05) is 31.2 Å². The summed E-state index contributed by atoms with van der Waals surface area (Å²) in [5.74, 6) is -1.21. The number of carboxylic acid groups (broad SMARTS) is 1. The number of carbonyl (C=O) groups excluding carboxylic acids is 2. The van der Waals surface area contributed by atoms with E-state index in [-0.39, 0.29) is 43.0 Å². The van der Waals surface area contributed by atoms with E-state index in [2.05, 4.69) is 34.9 Å². The average Bonchev–Trinajstić information content (AvgIpc) is 3.14. The summed E-state index contributed by atoms with van der Waals surface area (Å²) in [5.41, 5.74) is 4.84. The van der Waals surface area contributed by atoms with Crippen molar-refractivity contribution >= 4 is 18.0 Å². The zero-order valence-corrected chi connectivity index (χ0v) is 19.0. The van der Waals surface area contributed by atoms with Gasteiger partial charge in [-0.1, -0.05) is 61.5 Å². The zero-order chi connectivity index (χ0) is 23.8. The van der Waals surface area contributed by atoms with Gasteiger partial charge in [0.1, 0.15) is 6.61 Å². The molecule has 1 unspecified atom stereocenters. The number of nitrogens with one attached hydrogen (secondary N) is 2. The van der Waals surface area contributed by atoms with E-state index < -0.39 is 12.1 Å². The molecule has 0 fully saturated rings. The van der Waals surface area contributed by atoms with Crippen LogP contribution in [-0.4, -0.2) is 42.3 Å². The van der Waals surface area contributed by atoms with Gasteiger partial charge in [0, 0.05) is 30.5 Å². The fourth-order valence-corrected chi connectivity index (χ4v) is 3.98. The Kier molecular flexibility index (Phi) is 8.24. The quantitative estimate of drug-likeness (QED) is 0.470. The molecule has 7 heteroatoms. The number of alkyl carbamates (subject to hydrolysis) is 1. The molecule has 0 saturated heterocycles. The van der Waals surface area contributed by atoms with Gasteiger partial charge in [-0.15, -0.1) is 0 Å². The number of amides is 2. The number of carboxylic acids is 1. The minimum Gasteiger partial charge on any atom is -0.478 e. The Bertz CT molecular complexity index is 1000. The largest absolute Gasteiger partial charge is 0.478 e. The molecule has 174 valence electrons. The van der Waals surface area contributed by atoms with E-state index in [0.29, 0.717) is 12.8 Å². The van der Waals surface area contributed by atoms with Crippen molar-refractivity contribution in [2.45, 2.75) is 45.1 Å². The second-order valence-corrected chi connectivity index (χ2v) is 8.11. The Balaban J connectivity index is 1.47. The molecule has 2 amide bonds. The molecule has 2 aromatic carbocycles. The first-order valence-electron chi connectivity index (χ1n) is 11.2. The molecule has 1 aliphatic carbocycles. The number of hydrogen-bond donors (Lipinski definition) is 3. The summed E-state index contributed by atoms with van der Waals surface area (Å²) in [5, 5.41) is 14.3. The van der Waals surface area contributed by atoms with Crippen molar-refractivity contribution in [2.75, 3.05) is 13.2 Å². The Labute approximate surface area is 193 Å². The fourth-order valence-electron chi connectivity index (χ4n) is 3.98. The van der Waals surface area contributed by atoms with Crippen molar-refractivity contribution in [1.29, 1.82) is 0 Å². The maximum absolute atomic E-state index is 12.5. The second-order valence-electron chi connectivity index (χ2n) is 8.11. The van der Waals surface area contributed by atoms with Crippen LogP contribution in [0.3, 0.4) is 0 Å². The van der Waals surface area contributed by atoms with Crippen LogP contribution in [0, 0.1) is 0 Å². The standard InChI is InChI=1S/C26H30N2O5/c1-3-18(12-13-24(29)27-15-14-17(2)25(30)31)28-26(32)33-16-23-21-10-6-4-8-19(21)20-9-5-7-11-22(20)23/h4-11,14,18,23H,3,12-13,15-16H2,1-2H3,(H,27,29)(H,28,32)(H,30,31)/b17-14+. The van der Waals surface area contributed by atoms with Gasteiger partial charge < -0.3 is 20.5 Å². The van der Waals surface area contributed by atoms with E-state index in [1.54, 1.807) is 0 Å². The molecule has 33 heavy (non-hydrogen) atoms. The van der Waals surface area contributed by atoms with E-state index in [0.717, 1.165) is 11.1 Å². The zero-order valence-electron chi connectivity index (χ0n) is 19.0. The van der Waals surface area contributed by atoms with E-state index in [4.69, 9.17) is 9.84 Å². The minimum absolute atomic E-state index is 0.00341. The van der Waals surface area contributed by atoms with Crippen LogP contribution in [0.5, 0.6) is 0 Å². The summed E-state index contributed by atoms with van der Waals surface area (Å²) >= 11 is 0. The molecule has 0 bridgehead atoms. The molecule has 0 radical (unpaired) electrons. The van der Waals surface area contributed by atoms with Gasteiger partial charge in [-0.05, 0) is 42.0 Å². The highest BCUT2D eigenvalue weighted by atomic mass is 16.5. The van der Waals surface area contributed by atoms with Gasteiger partial charge in [-0.2, -0.15) is 0 Å². The molecule has 0 aromatic heterocycles. The Morgan fingerprint density at radius 1 is 1.06 bits per heavy atom. The molecular weight excluding hydrogens is 420 g/mol. The molecule has 0 aliphatic heterocycles. The highest BCUT2D eigenvalue weighted by Gasteiger charge is 2.29. The minimum atomic E-state index is -1.01. The molecule has 3 rings (SSSR count). The van der Waals surface area contributed by atoms with Gasteiger partial charge in [0.05, 0.1) is 0 Å². The smallest absolute Gasteiger partial charge is 0.407 e. The number of fused-ring (bicyclic) bond motifs is 3. The van der Waals surface area contributed by atoms with E-state index in [1.165, 1.54) is 24.1 Å². The highest BCUT2D eigenvalue weighted by Crippen LogP contribution is 2.44. The molecule has 0 saturated carbocycles. The van der Waals surface area contributed by atoms with Gasteiger partial charge >= 0.3 is 12.1 Å². The van der Waals surface area contributed by atoms with Crippen molar-refractivity contribution in [3.05, 3.63) is 71.3 Å². The molecule has 0 heterocycles. The number of ether oxygens (including phenoxy) is 1. The molecule has 7 nitrogen and oxygen atoms in total. The molecule has 2 aromatic rings. The van der Waals surface area contributed by atoms with Crippen LogP contribution in [0.25, 0.3) is 11.1 Å². The van der Waals surface area contributed by atoms with Crippen LogP contribution >= 0.6 is 0 Å². The van der Waals surface area contributed by atoms with Crippen LogP contribution in [0.4, 0.5) is 4.79 Å². The van der Waals surface area contributed by atoms with Gasteiger partial charge in [0.2, 0.25) is 5.91 Å². The lowest BCUT2D eigenvalue weighted by molar-refractivity contribution is -0.132. The van der Waals surface area contributed by atoms with Crippen molar-refractivity contribution in [2.24, 2.45) is 0 Å². The van der Waals surface area contributed by atoms with Gasteiger partial charge in [-0.3, -0.25) is 4.79 Å². The van der Waals surface area contributed by atoms with Gasteiger partial charge in [0.25, 0.3) is 0 Å². The first kappa shape index (κ1) is 24.0. The predicted octanol–water partition coefficient (Wildman–Crippen LogP) is 4.23. The van der Waals surface area contributed by atoms with Crippen molar-refractivity contribution in [1.82, 2.24) is 10.6 Å². The lowest BCUT2D eigenvalue weighted by atomic mass is 9.98.